The van der Waals surface area contributed by atoms with Gasteiger partial charge in [0.2, 0.25) is 0 Å². The molecular weight excluding hydrogens is 378 g/mol. The average Bonchev–Trinajstić information content (AvgIpc) is 2.96. The summed E-state index contributed by atoms with van der Waals surface area (Å²) in [5.74, 6) is 2.96. The van der Waals surface area contributed by atoms with Crippen LogP contribution in [0, 0.1) is 39.9 Å². The molecule has 0 aromatic carbocycles. The van der Waals surface area contributed by atoms with Crippen LogP contribution in [0.5, 0.6) is 0 Å². The molecule has 0 radical (unpaired) electrons. The van der Waals surface area contributed by atoms with Crippen molar-refractivity contribution in [2.24, 2.45) is 45.7 Å². The van der Waals surface area contributed by atoms with E-state index in [1.165, 1.54) is 57.8 Å². The van der Waals surface area contributed by atoms with Gasteiger partial charge in [0.15, 0.2) is 0 Å². The molecule has 0 aromatic heterocycles. The van der Waals surface area contributed by atoms with Crippen molar-refractivity contribution in [3.05, 3.63) is 11.1 Å². The maximum Gasteiger partial charge on any atom is 0.0594 e. The summed E-state index contributed by atoms with van der Waals surface area (Å²) in [5, 5.41) is 10.8. The van der Waals surface area contributed by atoms with Crippen molar-refractivity contribution in [1.82, 2.24) is 0 Å². The lowest BCUT2D eigenvalue weighted by Crippen LogP contribution is -2.61. The largest absolute Gasteiger partial charge is 0.393 e. The minimum absolute atomic E-state index is 0.0111. The van der Waals surface area contributed by atoms with Gasteiger partial charge >= 0.3 is 0 Å². The van der Waals surface area contributed by atoms with Crippen molar-refractivity contribution in [1.29, 1.82) is 0 Å². The molecule has 2 nitrogen and oxygen atoms in total. The third-order valence-corrected chi connectivity index (χ3v) is 11.4. The fourth-order valence-corrected chi connectivity index (χ4v) is 9.37. The summed E-state index contributed by atoms with van der Waals surface area (Å²) in [6.07, 6.45) is 13.4. The van der Waals surface area contributed by atoms with Crippen LogP contribution in [0.4, 0.5) is 0 Å². The highest BCUT2D eigenvalue weighted by molar-refractivity contribution is 5.42. The number of nitrogens with two attached hydrogens (primary N) is 1. The maximum atomic E-state index is 10.8. The Morgan fingerprint density at radius 1 is 0.903 bits per heavy atom. The molecule has 4 aliphatic carbocycles. The summed E-state index contributed by atoms with van der Waals surface area (Å²) < 4.78 is 0. The molecule has 0 aromatic rings. The van der Waals surface area contributed by atoms with Gasteiger partial charge in [0.05, 0.1) is 6.10 Å². The Balaban J connectivity index is 1.63. The summed E-state index contributed by atoms with van der Waals surface area (Å²) in [5.41, 5.74) is 11.4. The Morgan fingerprint density at radius 2 is 1.61 bits per heavy atom. The third-order valence-electron chi connectivity index (χ3n) is 11.4. The Labute approximate surface area is 192 Å². The molecular formula is C29H51NO. The summed E-state index contributed by atoms with van der Waals surface area (Å²) in [6, 6.07) is 0. The van der Waals surface area contributed by atoms with Crippen molar-refractivity contribution in [2.75, 3.05) is 0 Å². The number of hydrogen-bond donors (Lipinski definition) is 2. The lowest BCUT2D eigenvalue weighted by Gasteiger charge is -2.62. The summed E-state index contributed by atoms with van der Waals surface area (Å²) in [6.45, 7) is 17.0. The van der Waals surface area contributed by atoms with Crippen LogP contribution < -0.4 is 5.73 Å². The van der Waals surface area contributed by atoms with Gasteiger partial charge in [-0.2, -0.15) is 0 Å². The van der Waals surface area contributed by atoms with Crippen LogP contribution >= 0.6 is 0 Å². The van der Waals surface area contributed by atoms with Crippen molar-refractivity contribution < 1.29 is 5.11 Å². The highest BCUT2D eigenvalue weighted by atomic mass is 16.3. The number of aliphatic hydroxyl groups excluding tert-OH is 1. The Morgan fingerprint density at radius 3 is 2.29 bits per heavy atom. The molecule has 2 fully saturated rings. The predicted molar refractivity (Wildman–Crippen MR) is 132 cm³/mol. The van der Waals surface area contributed by atoms with E-state index >= 15 is 0 Å². The van der Waals surface area contributed by atoms with E-state index in [4.69, 9.17) is 5.73 Å². The van der Waals surface area contributed by atoms with Crippen LogP contribution in [0.25, 0.3) is 0 Å². The van der Waals surface area contributed by atoms with Crippen LogP contribution in [0.15, 0.2) is 11.1 Å². The zero-order chi connectivity index (χ0) is 22.8. The fourth-order valence-electron chi connectivity index (χ4n) is 9.37. The molecule has 4 rings (SSSR count). The molecule has 0 heterocycles. The third kappa shape index (κ3) is 3.40. The molecule has 2 saturated carbocycles. The van der Waals surface area contributed by atoms with Crippen molar-refractivity contribution in [2.45, 2.75) is 131 Å². The summed E-state index contributed by atoms with van der Waals surface area (Å²) in [7, 11) is 0. The number of rotatable bonds is 5. The zero-order valence-corrected chi connectivity index (χ0v) is 21.7. The van der Waals surface area contributed by atoms with Gasteiger partial charge in [0.25, 0.3) is 0 Å². The predicted octanol–water partition coefficient (Wildman–Crippen LogP) is 7.25. The number of hydrogen-bond acceptors (Lipinski definition) is 2. The second kappa shape index (κ2) is 7.86. The normalized spacial score (nSPS) is 45.3. The molecule has 4 aliphatic rings. The van der Waals surface area contributed by atoms with E-state index in [0.717, 1.165) is 30.6 Å². The van der Waals surface area contributed by atoms with Gasteiger partial charge in [-0.25, -0.2) is 0 Å². The Bertz CT molecular complexity index is 722. The van der Waals surface area contributed by atoms with Gasteiger partial charge in [0, 0.05) is 5.54 Å². The van der Waals surface area contributed by atoms with Gasteiger partial charge in [-0.05, 0) is 91.3 Å². The van der Waals surface area contributed by atoms with Crippen molar-refractivity contribution in [3.63, 3.8) is 0 Å². The highest BCUT2D eigenvalue weighted by Crippen LogP contribution is 2.68. The highest BCUT2D eigenvalue weighted by Gasteiger charge is 2.63. The molecule has 178 valence electrons. The molecule has 31 heavy (non-hydrogen) atoms. The number of allylic oxidation sites excluding steroid dienone is 1. The fraction of sp³-hybridized carbons (Fsp3) is 0.931. The summed E-state index contributed by atoms with van der Waals surface area (Å²) >= 11 is 0. The lowest BCUT2D eigenvalue weighted by atomic mass is 9.44. The van der Waals surface area contributed by atoms with Gasteiger partial charge in [-0.15, -0.1) is 0 Å². The molecule has 0 aliphatic heterocycles. The first-order chi connectivity index (χ1) is 14.4. The molecule has 2 heteroatoms. The van der Waals surface area contributed by atoms with E-state index < -0.39 is 0 Å². The van der Waals surface area contributed by atoms with Gasteiger partial charge < -0.3 is 10.8 Å². The monoisotopic (exact) mass is 429 g/mol. The molecule has 3 N–H and O–H groups in total. The average molecular weight is 430 g/mol. The topological polar surface area (TPSA) is 46.2 Å². The van der Waals surface area contributed by atoms with Gasteiger partial charge in [-0.3, -0.25) is 0 Å². The number of fused-ring (bicyclic) bond motifs is 4. The molecule has 0 saturated heterocycles. The molecule has 0 bridgehead atoms. The molecule has 0 amide bonds. The van der Waals surface area contributed by atoms with Crippen molar-refractivity contribution >= 4 is 0 Å². The number of aliphatic hydroxyl groups is 1. The summed E-state index contributed by atoms with van der Waals surface area (Å²) in [4.78, 5) is 0. The maximum absolute atomic E-state index is 10.8. The standard InChI is InChI=1S/C29H51NO/c1-19(2)9-8-10-20(3)21-14-18-29(30)23-11-12-24-26(4,5)25(31)15-16-27(24,6)22(23)13-17-28(21,29)7/h19-21,24-25,31H,8-18,30H2,1-7H3/t20-,21-,24-,25+,27-,28-,29-/m1/s1. The SMILES string of the molecule is CC(C)CCC[C@@H](C)[C@H]1CC[C@@]2(N)C3=C(CC[C@]12C)[C@@]1(C)CC[C@H](O)C(C)(C)[C@H]1CC3. The van der Waals surface area contributed by atoms with Crippen LogP contribution in [0.2, 0.25) is 0 Å². The first-order valence-corrected chi connectivity index (χ1v) is 13.6. The van der Waals surface area contributed by atoms with Crippen molar-refractivity contribution in [3.8, 4) is 0 Å². The quantitative estimate of drug-likeness (QED) is 0.452. The van der Waals surface area contributed by atoms with Crippen LogP contribution in [0.3, 0.4) is 0 Å². The first kappa shape index (κ1) is 23.8. The molecule has 0 spiro atoms. The Kier molecular flexibility index (Phi) is 6.04. The molecule has 0 unspecified atom stereocenters. The van der Waals surface area contributed by atoms with E-state index in [-0.39, 0.29) is 27.9 Å². The second-order valence-electron chi connectivity index (χ2n) is 13.7. The minimum atomic E-state index is -0.157. The zero-order valence-electron chi connectivity index (χ0n) is 21.7. The van der Waals surface area contributed by atoms with Gasteiger partial charge in [-0.1, -0.05) is 78.9 Å². The van der Waals surface area contributed by atoms with E-state index in [1.807, 2.05) is 0 Å². The van der Waals surface area contributed by atoms with Crippen LogP contribution in [-0.4, -0.2) is 16.7 Å². The van der Waals surface area contributed by atoms with Crippen LogP contribution in [-0.2, 0) is 0 Å². The van der Waals surface area contributed by atoms with E-state index in [1.54, 1.807) is 11.1 Å². The Hall–Kier alpha value is -0.340. The van der Waals surface area contributed by atoms with Gasteiger partial charge in [0.1, 0.15) is 0 Å². The molecule has 7 atom stereocenters. The van der Waals surface area contributed by atoms with E-state index in [0.29, 0.717) is 5.92 Å². The van der Waals surface area contributed by atoms with E-state index in [2.05, 4.69) is 48.5 Å². The first-order valence-electron chi connectivity index (χ1n) is 13.6. The van der Waals surface area contributed by atoms with E-state index in [9.17, 15) is 5.11 Å². The lowest BCUT2D eigenvalue weighted by molar-refractivity contribution is -0.0938. The van der Waals surface area contributed by atoms with Crippen LogP contribution in [0.1, 0.15) is 119 Å². The minimum Gasteiger partial charge on any atom is -0.393 e. The second-order valence-corrected chi connectivity index (χ2v) is 13.7. The smallest absolute Gasteiger partial charge is 0.0594 e.